The summed E-state index contributed by atoms with van der Waals surface area (Å²) in [6, 6.07) is 18.5. The fourth-order valence-electron chi connectivity index (χ4n) is 3.40. The number of fused-ring (bicyclic) bond motifs is 1. The van der Waals surface area contributed by atoms with Crippen molar-refractivity contribution in [1.29, 1.82) is 0 Å². The van der Waals surface area contributed by atoms with Crippen molar-refractivity contribution < 1.29 is 18.3 Å². The zero-order valence-electron chi connectivity index (χ0n) is 18.8. The molecule has 8 nitrogen and oxygen atoms in total. The first kappa shape index (κ1) is 25.0. The second-order valence-corrected chi connectivity index (χ2v) is 11.3. The number of carbonyl (C=O) groups is 1. The third-order valence-electron chi connectivity index (χ3n) is 5.22. The van der Waals surface area contributed by atoms with E-state index in [2.05, 4.69) is 31.1 Å². The highest BCUT2D eigenvalue weighted by Crippen LogP contribution is 2.37. The largest absolute Gasteiger partial charge is 0.493 e. The molecule has 180 valence electrons. The highest BCUT2D eigenvalue weighted by atomic mass is 79.9. The Bertz CT molecular complexity index is 1520. The molecule has 4 aromatic rings. The normalized spacial score (nSPS) is 11.9. The standard InChI is InChI=1S/C24H21BrN4O4S2/c1-15-3-6-17(7-4-15)29(35(32,33)19-10-8-18(34-2)9-11-19)14-22(30)27-28-23-20-13-16(25)5-12-21(20)26-24(23)31/h3-13,26,31H,14H2,1-2H3. The van der Waals surface area contributed by atoms with Gasteiger partial charge in [0.2, 0.25) is 5.88 Å². The Morgan fingerprint density at radius 3 is 2.43 bits per heavy atom. The summed E-state index contributed by atoms with van der Waals surface area (Å²) in [5, 5.41) is 18.4. The van der Waals surface area contributed by atoms with Crippen molar-refractivity contribution in [3.8, 4) is 5.88 Å². The number of aromatic nitrogens is 1. The predicted octanol–water partition coefficient (Wildman–Crippen LogP) is 6.17. The molecule has 11 heteroatoms. The molecule has 1 heterocycles. The molecule has 35 heavy (non-hydrogen) atoms. The number of aromatic amines is 1. The Labute approximate surface area is 215 Å². The molecule has 0 saturated carbocycles. The van der Waals surface area contributed by atoms with E-state index in [1.165, 1.54) is 23.9 Å². The number of sulfonamides is 1. The van der Waals surface area contributed by atoms with E-state index in [1.807, 2.05) is 13.2 Å². The molecule has 0 unspecified atom stereocenters. The summed E-state index contributed by atoms with van der Waals surface area (Å²) in [5.74, 6) is -1.04. The molecule has 1 amide bonds. The SMILES string of the molecule is CSc1ccc(S(=O)(=O)N(CC(=O)N=Nc2c(O)[nH]c3ccc(Br)cc23)c2ccc(C)cc2)cc1. The first-order chi connectivity index (χ1) is 16.7. The van der Waals surface area contributed by atoms with Gasteiger partial charge in [-0.1, -0.05) is 33.6 Å². The Kier molecular flexibility index (Phi) is 7.29. The summed E-state index contributed by atoms with van der Waals surface area (Å²) >= 11 is 4.86. The van der Waals surface area contributed by atoms with Crippen LogP contribution in [0.3, 0.4) is 0 Å². The van der Waals surface area contributed by atoms with E-state index in [0.29, 0.717) is 16.6 Å². The molecular weight excluding hydrogens is 552 g/mol. The minimum atomic E-state index is -4.07. The van der Waals surface area contributed by atoms with E-state index in [9.17, 15) is 18.3 Å². The van der Waals surface area contributed by atoms with Gasteiger partial charge in [0, 0.05) is 14.8 Å². The molecule has 0 bridgehead atoms. The van der Waals surface area contributed by atoms with Crippen LogP contribution in [-0.2, 0) is 14.8 Å². The smallest absolute Gasteiger partial charge is 0.285 e. The molecule has 0 radical (unpaired) electrons. The maximum atomic E-state index is 13.5. The van der Waals surface area contributed by atoms with Crippen LogP contribution in [0.25, 0.3) is 10.9 Å². The number of benzene rings is 3. The van der Waals surface area contributed by atoms with Crippen molar-refractivity contribution in [2.45, 2.75) is 16.7 Å². The maximum Gasteiger partial charge on any atom is 0.285 e. The monoisotopic (exact) mass is 572 g/mol. The van der Waals surface area contributed by atoms with Crippen molar-refractivity contribution in [1.82, 2.24) is 4.98 Å². The summed E-state index contributed by atoms with van der Waals surface area (Å²) in [5.41, 5.74) is 1.98. The number of azo groups is 1. The van der Waals surface area contributed by atoms with Crippen molar-refractivity contribution in [2.75, 3.05) is 17.1 Å². The van der Waals surface area contributed by atoms with E-state index in [1.54, 1.807) is 54.6 Å². The van der Waals surface area contributed by atoms with Crippen LogP contribution in [0.2, 0.25) is 0 Å². The van der Waals surface area contributed by atoms with Gasteiger partial charge < -0.3 is 10.1 Å². The Morgan fingerprint density at radius 2 is 1.77 bits per heavy atom. The summed E-state index contributed by atoms with van der Waals surface area (Å²) in [4.78, 5) is 16.6. The lowest BCUT2D eigenvalue weighted by atomic mass is 10.2. The predicted molar refractivity (Wildman–Crippen MR) is 141 cm³/mol. The number of aromatic hydroxyl groups is 1. The Morgan fingerprint density at radius 1 is 1.09 bits per heavy atom. The molecule has 0 aliphatic rings. The minimum Gasteiger partial charge on any atom is -0.493 e. The van der Waals surface area contributed by atoms with Crippen LogP contribution in [0.15, 0.2) is 91.2 Å². The molecule has 0 fully saturated rings. The van der Waals surface area contributed by atoms with E-state index < -0.39 is 22.5 Å². The number of thioether (sulfide) groups is 1. The number of carbonyl (C=O) groups excluding carboxylic acids is 1. The van der Waals surface area contributed by atoms with Gasteiger partial charge in [-0.15, -0.1) is 22.0 Å². The van der Waals surface area contributed by atoms with Gasteiger partial charge in [-0.25, -0.2) is 8.42 Å². The van der Waals surface area contributed by atoms with Gasteiger partial charge in [-0.2, -0.15) is 0 Å². The average molecular weight is 573 g/mol. The second kappa shape index (κ2) is 10.2. The lowest BCUT2D eigenvalue weighted by molar-refractivity contribution is -0.116. The molecule has 1 aromatic heterocycles. The zero-order chi connectivity index (χ0) is 25.2. The first-order valence-corrected chi connectivity index (χ1v) is 13.8. The molecule has 0 aliphatic heterocycles. The van der Waals surface area contributed by atoms with Gasteiger partial charge in [0.25, 0.3) is 15.9 Å². The van der Waals surface area contributed by atoms with Crippen LogP contribution in [0.1, 0.15) is 5.56 Å². The topological polar surface area (TPSA) is 115 Å². The Hall–Kier alpha value is -3.15. The third-order valence-corrected chi connectivity index (χ3v) is 8.25. The summed E-state index contributed by atoms with van der Waals surface area (Å²) in [6.07, 6.45) is 1.90. The number of rotatable bonds is 7. The maximum absolute atomic E-state index is 13.5. The number of aryl methyl sites for hydroxylation is 1. The van der Waals surface area contributed by atoms with Crippen molar-refractivity contribution in [3.05, 3.63) is 76.8 Å². The molecule has 0 saturated heterocycles. The van der Waals surface area contributed by atoms with E-state index in [-0.39, 0.29) is 16.5 Å². The molecule has 0 aliphatic carbocycles. The van der Waals surface area contributed by atoms with Crippen LogP contribution in [0, 0.1) is 6.92 Å². The molecular formula is C24H21BrN4O4S2. The lowest BCUT2D eigenvalue weighted by Crippen LogP contribution is -2.35. The number of halogens is 1. The second-order valence-electron chi connectivity index (χ2n) is 7.63. The number of nitrogens with zero attached hydrogens (tertiary/aromatic N) is 3. The summed E-state index contributed by atoms with van der Waals surface area (Å²) in [7, 11) is -4.07. The van der Waals surface area contributed by atoms with Crippen molar-refractivity contribution in [3.63, 3.8) is 0 Å². The van der Waals surface area contributed by atoms with Gasteiger partial charge in [0.05, 0.1) is 16.1 Å². The van der Waals surface area contributed by atoms with Crippen LogP contribution in [0.4, 0.5) is 11.4 Å². The minimum absolute atomic E-state index is 0.0553. The van der Waals surface area contributed by atoms with Gasteiger partial charge in [0.15, 0.2) is 5.69 Å². The molecule has 0 atom stereocenters. The van der Waals surface area contributed by atoms with Crippen LogP contribution < -0.4 is 4.31 Å². The van der Waals surface area contributed by atoms with Crippen LogP contribution >= 0.6 is 27.7 Å². The number of nitrogens with one attached hydrogen (secondary N) is 1. The Balaban J connectivity index is 1.67. The lowest BCUT2D eigenvalue weighted by Gasteiger charge is -2.23. The van der Waals surface area contributed by atoms with E-state index >= 15 is 0 Å². The van der Waals surface area contributed by atoms with Gasteiger partial charge >= 0.3 is 0 Å². The van der Waals surface area contributed by atoms with Gasteiger partial charge in [-0.05, 0) is 67.8 Å². The van der Waals surface area contributed by atoms with Crippen LogP contribution in [0.5, 0.6) is 5.88 Å². The van der Waals surface area contributed by atoms with Gasteiger partial charge in [-0.3, -0.25) is 9.10 Å². The molecule has 3 aromatic carbocycles. The fourth-order valence-corrected chi connectivity index (χ4v) is 5.58. The number of hydrogen-bond donors (Lipinski definition) is 2. The molecule has 4 rings (SSSR count). The van der Waals surface area contributed by atoms with Crippen LogP contribution in [-0.4, -0.2) is 37.2 Å². The number of amides is 1. The number of H-pyrrole nitrogens is 1. The molecule has 2 N–H and O–H groups in total. The number of anilines is 1. The quantitative estimate of drug-likeness (QED) is 0.203. The highest BCUT2D eigenvalue weighted by Gasteiger charge is 2.27. The third kappa shape index (κ3) is 5.42. The first-order valence-electron chi connectivity index (χ1n) is 10.4. The van der Waals surface area contributed by atoms with Crippen molar-refractivity contribution in [2.24, 2.45) is 10.2 Å². The average Bonchev–Trinajstić information content (AvgIpc) is 3.15. The fraction of sp³-hybridized carbons (Fsp3) is 0.125. The van der Waals surface area contributed by atoms with E-state index in [4.69, 9.17) is 0 Å². The zero-order valence-corrected chi connectivity index (χ0v) is 22.0. The van der Waals surface area contributed by atoms with Gasteiger partial charge in [0.1, 0.15) is 6.54 Å². The van der Waals surface area contributed by atoms with Crippen molar-refractivity contribution >= 4 is 65.9 Å². The molecule has 0 spiro atoms. The van der Waals surface area contributed by atoms with E-state index in [0.717, 1.165) is 19.2 Å². The summed E-state index contributed by atoms with van der Waals surface area (Å²) in [6.45, 7) is 1.32. The number of hydrogen-bond acceptors (Lipinski definition) is 6. The summed E-state index contributed by atoms with van der Waals surface area (Å²) < 4.78 is 28.8. The highest BCUT2D eigenvalue weighted by molar-refractivity contribution is 9.10.